The Hall–Kier alpha value is -0.820. The van der Waals surface area contributed by atoms with E-state index in [1.54, 1.807) is 6.20 Å². The number of carbonyl (C=O) groups excluding carboxylic acids is 1. The molecule has 1 unspecified atom stereocenters. The molecule has 3 rings (SSSR count). The highest BCUT2D eigenvalue weighted by Gasteiger charge is 2.31. The smallest absolute Gasteiger partial charge is 0.239 e. The van der Waals surface area contributed by atoms with Crippen LogP contribution >= 0.6 is 24.8 Å². The summed E-state index contributed by atoms with van der Waals surface area (Å²) in [6, 6.07) is 2.28. The molecule has 0 bridgehead atoms. The van der Waals surface area contributed by atoms with Gasteiger partial charge in [-0.3, -0.25) is 9.69 Å². The molecule has 1 amide bonds. The van der Waals surface area contributed by atoms with Crippen molar-refractivity contribution in [3.8, 4) is 0 Å². The number of hydrogen-bond acceptors (Lipinski definition) is 4. The number of nitrogens with zero attached hydrogens (tertiary/aromatic N) is 3. The van der Waals surface area contributed by atoms with Crippen LogP contribution in [0.5, 0.6) is 0 Å². The van der Waals surface area contributed by atoms with Crippen molar-refractivity contribution in [2.75, 3.05) is 38.5 Å². The van der Waals surface area contributed by atoms with E-state index in [0.717, 1.165) is 37.3 Å². The Morgan fingerprint density at radius 2 is 1.96 bits per heavy atom. The second-order valence-electron chi connectivity index (χ2n) is 7.40. The average molecular weight is 406 g/mol. The van der Waals surface area contributed by atoms with Crippen LogP contribution in [0, 0.1) is 11.8 Å². The van der Waals surface area contributed by atoms with Crippen LogP contribution in [0.4, 0.5) is 5.82 Å². The number of rotatable bonds is 8. The molecule has 1 aliphatic carbocycles. The van der Waals surface area contributed by atoms with Crippen molar-refractivity contribution in [1.82, 2.24) is 20.0 Å². The number of amides is 1. The van der Waals surface area contributed by atoms with Crippen molar-refractivity contribution < 1.29 is 4.79 Å². The van der Waals surface area contributed by atoms with Crippen molar-refractivity contribution in [1.29, 1.82) is 0 Å². The van der Waals surface area contributed by atoms with E-state index in [1.165, 1.54) is 32.1 Å². The topological polar surface area (TPSA) is 62.2 Å². The zero-order chi connectivity index (χ0) is 16.9. The first-order chi connectivity index (χ1) is 11.7. The van der Waals surface area contributed by atoms with Crippen LogP contribution in [0.3, 0.4) is 0 Å². The molecule has 6 nitrogen and oxygen atoms in total. The van der Waals surface area contributed by atoms with Crippen molar-refractivity contribution in [2.24, 2.45) is 11.8 Å². The van der Waals surface area contributed by atoms with Gasteiger partial charge in [-0.1, -0.05) is 0 Å². The molecule has 2 N–H and O–H groups in total. The summed E-state index contributed by atoms with van der Waals surface area (Å²) in [5, 5.41) is 10.7. The standard InChI is InChI=1S/C18H31N5O.2ClH/c1-14(16-3-4-16)23-17(6-10-20-23)21-18(24)13-22-11-7-15(8-12-22)5-9-19-2;;/h6,10,14-16,19H,3-5,7-9,11-13H2,1-2H3,(H,21,24);2*1H. The first-order valence-electron chi connectivity index (χ1n) is 9.37. The fourth-order valence-corrected chi connectivity index (χ4v) is 3.68. The van der Waals surface area contributed by atoms with Gasteiger partial charge in [-0.25, -0.2) is 4.68 Å². The zero-order valence-corrected chi connectivity index (χ0v) is 17.5. The Balaban J connectivity index is 0.00000169. The first kappa shape index (κ1) is 23.2. The molecule has 2 aliphatic rings. The van der Waals surface area contributed by atoms with E-state index in [0.29, 0.717) is 12.6 Å². The lowest BCUT2D eigenvalue weighted by Gasteiger charge is -2.31. The first-order valence-corrected chi connectivity index (χ1v) is 9.37. The molecule has 1 saturated carbocycles. The van der Waals surface area contributed by atoms with Gasteiger partial charge in [-0.2, -0.15) is 5.10 Å². The Kier molecular flexibility index (Phi) is 9.93. The molecule has 2 heterocycles. The van der Waals surface area contributed by atoms with E-state index in [2.05, 4.69) is 27.6 Å². The molecular weight excluding hydrogens is 373 g/mol. The molecule has 1 atom stereocenters. The number of anilines is 1. The highest BCUT2D eigenvalue weighted by molar-refractivity contribution is 5.91. The maximum absolute atomic E-state index is 12.4. The summed E-state index contributed by atoms with van der Waals surface area (Å²) in [5.41, 5.74) is 0. The van der Waals surface area contributed by atoms with Crippen LogP contribution < -0.4 is 10.6 Å². The molecule has 2 fully saturated rings. The van der Waals surface area contributed by atoms with Gasteiger partial charge in [0.1, 0.15) is 5.82 Å². The predicted molar refractivity (Wildman–Crippen MR) is 110 cm³/mol. The van der Waals surface area contributed by atoms with Gasteiger partial charge in [0.2, 0.25) is 5.91 Å². The summed E-state index contributed by atoms with van der Waals surface area (Å²) in [4.78, 5) is 14.7. The minimum absolute atomic E-state index is 0. The van der Waals surface area contributed by atoms with Crippen molar-refractivity contribution in [2.45, 2.75) is 45.1 Å². The van der Waals surface area contributed by atoms with Gasteiger partial charge in [0.05, 0.1) is 18.8 Å². The molecule has 8 heteroatoms. The molecule has 26 heavy (non-hydrogen) atoms. The van der Waals surface area contributed by atoms with Gasteiger partial charge in [0, 0.05) is 6.07 Å². The quantitative estimate of drug-likeness (QED) is 0.697. The van der Waals surface area contributed by atoms with E-state index in [9.17, 15) is 4.79 Å². The minimum atomic E-state index is 0. The molecular formula is C18H33Cl2N5O. The second kappa shape index (κ2) is 11.1. The molecule has 1 aromatic rings. The van der Waals surface area contributed by atoms with Crippen LogP contribution in [0.25, 0.3) is 0 Å². The summed E-state index contributed by atoms with van der Waals surface area (Å²) >= 11 is 0. The largest absolute Gasteiger partial charge is 0.320 e. The van der Waals surface area contributed by atoms with Gasteiger partial charge in [0.15, 0.2) is 0 Å². The number of halogens is 2. The summed E-state index contributed by atoms with van der Waals surface area (Å²) in [5.74, 6) is 2.44. The fourth-order valence-electron chi connectivity index (χ4n) is 3.68. The van der Waals surface area contributed by atoms with Gasteiger partial charge in [-0.15, -0.1) is 24.8 Å². The Morgan fingerprint density at radius 1 is 1.27 bits per heavy atom. The van der Waals surface area contributed by atoms with Crippen LogP contribution in [0.2, 0.25) is 0 Å². The maximum atomic E-state index is 12.4. The molecule has 1 aromatic heterocycles. The Morgan fingerprint density at radius 3 is 2.58 bits per heavy atom. The lowest BCUT2D eigenvalue weighted by Crippen LogP contribution is -2.39. The van der Waals surface area contributed by atoms with Crippen LogP contribution in [-0.4, -0.2) is 53.8 Å². The second-order valence-corrected chi connectivity index (χ2v) is 7.40. The third kappa shape index (κ3) is 6.41. The van der Waals surface area contributed by atoms with Crippen LogP contribution in [-0.2, 0) is 4.79 Å². The molecule has 0 spiro atoms. The summed E-state index contributed by atoms with van der Waals surface area (Å²) in [6.07, 6.45) is 7.97. The van der Waals surface area contributed by atoms with E-state index >= 15 is 0 Å². The summed E-state index contributed by atoms with van der Waals surface area (Å²) in [7, 11) is 2.01. The number of nitrogens with one attached hydrogen (secondary N) is 2. The normalized spacial score (nSPS) is 19.3. The molecule has 1 saturated heterocycles. The number of piperidine rings is 1. The zero-order valence-electron chi connectivity index (χ0n) is 15.8. The molecule has 150 valence electrons. The Bertz CT molecular complexity index is 541. The van der Waals surface area contributed by atoms with Crippen molar-refractivity contribution >= 4 is 36.5 Å². The van der Waals surface area contributed by atoms with Crippen LogP contribution in [0.1, 0.15) is 45.1 Å². The van der Waals surface area contributed by atoms with Gasteiger partial charge < -0.3 is 10.6 Å². The van der Waals surface area contributed by atoms with Crippen molar-refractivity contribution in [3.05, 3.63) is 12.3 Å². The minimum Gasteiger partial charge on any atom is -0.320 e. The third-order valence-electron chi connectivity index (χ3n) is 5.50. The van der Waals surface area contributed by atoms with Gasteiger partial charge in [0.25, 0.3) is 0 Å². The lowest BCUT2D eigenvalue weighted by molar-refractivity contribution is -0.117. The number of hydrogen-bond donors (Lipinski definition) is 2. The van der Waals surface area contributed by atoms with E-state index in [-0.39, 0.29) is 30.7 Å². The number of aromatic nitrogens is 2. The summed E-state index contributed by atoms with van der Waals surface area (Å²) < 4.78 is 1.97. The number of likely N-dealkylation sites (tertiary alicyclic amines) is 1. The van der Waals surface area contributed by atoms with E-state index in [4.69, 9.17) is 0 Å². The average Bonchev–Trinajstić information content (AvgIpc) is 3.33. The van der Waals surface area contributed by atoms with E-state index < -0.39 is 0 Å². The summed E-state index contributed by atoms with van der Waals surface area (Å²) in [6.45, 7) is 5.82. The van der Waals surface area contributed by atoms with E-state index in [1.807, 2.05) is 17.8 Å². The molecule has 0 aromatic carbocycles. The number of carbonyl (C=O) groups is 1. The monoisotopic (exact) mass is 405 g/mol. The van der Waals surface area contributed by atoms with Gasteiger partial charge in [-0.05, 0) is 77.5 Å². The Labute approximate surface area is 169 Å². The van der Waals surface area contributed by atoms with Gasteiger partial charge >= 0.3 is 0 Å². The third-order valence-corrected chi connectivity index (χ3v) is 5.50. The predicted octanol–water partition coefficient (Wildman–Crippen LogP) is 2.96. The van der Waals surface area contributed by atoms with Crippen molar-refractivity contribution in [3.63, 3.8) is 0 Å². The maximum Gasteiger partial charge on any atom is 0.239 e. The highest BCUT2D eigenvalue weighted by Crippen LogP contribution is 2.40. The molecule has 0 radical (unpaired) electrons. The van der Waals surface area contributed by atoms with Crippen LogP contribution in [0.15, 0.2) is 12.3 Å². The molecule has 1 aliphatic heterocycles. The highest BCUT2D eigenvalue weighted by atomic mass is 35.5. The fraction of sp³-hybridized carbons (Fsp3) is 0.778. The lowest BCUT2D eigenvalue weighted by atomic mass is 9.93. The SMILES string of the molecule is CNCCC1CCN(CC(=O)Nc2ccnn2C(C)C2CC2)CC1.Cl.Cl.